The third kappa shape index (κ3) is 5.15. The maximum Gasteiger partial charge on any atom is 0.161 e. The highest BCUT2D eigenvalue weighted by molar-refractivity contribution is 6.10. The average Bonchev–Trinajstić information content (AvgIpc) is 3.59. The van der Waals surface area contributed by atoms with Crippen LogP contribution in [0.1, 0.15) is 0 Å². The molecule has 0 bridgehead atoms. The van der Waals surface area contributed by atoms with E-state index in [4.69, 9.17) is 14.4 Å². The Hall–Kier alpha value is -6.84. The molecule has 238 valence electrons. The van der Waals surface area contributed by atoms with E-state index in [0.717, 1.165) is 83.0 Å². The van der Waals surface area contributed by atoms with Crippen molar-refractivity contribution in [1.82, 2.24) is 9.97 Å². The Kier molecular flexibility index (Phi) is 6.81. The Morgan fingerprint density at radius 2 is 0.961 bits per heavy atom. The highest BCUT2D eigenvalue weighted by atomic mass is 16.3. The van der Waals surface area contributed by atoms with Gasteiger partial charge in [-0.15, -0.1) is 0 Å². The van der Waals surface area contributed by atoms with Crippen LogP contribution in [0, 0.1) is 0 Å². The van der Waals surface area contributed by atoms with E-state index in [1.165, 1.54) is 10.8 Å². The molecule has 2 aromatic heterocycles. The number of nitrogens with zero attached hydrogens (tertiary/aromatic N) is 2. The van der Waals surface area contributed by atoms with E-state index in [0.29, 0.717) is 5.82 Å². The lowest BCUT2D eigenvalue weighted by Crippen LogP contribution is -1.97. The van der Waals surface area contributed by atoms with Gasteiger partial charge in [0.15, 0.2) is 5.82 Å². The minimum Gasteiger partial charge on any atom is -0.455 e. The van der Waals surface area contributed by atoms with Crippen LogP contribution in [0.3, 0.4) is 0 Å². The molecule has 3 nitrogen and oxygen atoms in total. The number of hydrogen-bond acceptors (Lipinski definition) is 3. The summed E-state index contributed by atoms with van der Waals surface area (Å²) in [6.45, 7) is 0. The van der Waals surface area contributed by atoms with Crippen molar-refractivity contribution in [1.29, 1.82) is 0 Å². The molecule has 8 aromatic carbocycles. The Morgan fingerprint density at radius 3 is 1.84 bits per heavy atom. The standard InChI is InChI=1S/C48H30N2O/c1-2-12-31(13-3-1)36-27-37(40-20-11-21-42-41-19-8-9-23-46(41)51-47(40)42)29-38(28-36)45-30-44(35-25-24-32-14-4-5-16-34(32)26-35)49-48(50-45)43-22-10-17-33-15-6-7-18-39(33)43/h1-30H. The van der Waals surface area contributed by atoms with Crippen molar-refractivity contribution < 1.29 is 4.42 Å². The highest BCUT2D eigenvalue weighted by Crippen LogP contribution is 2.40. The Bertz CT molecular complexity index is 2920. The van der Waals surface area contributed by atoms with Gasteiger partial charge in [-0.2, -0.15) is 0 Å². The monoisotopic (exact) mass is 650 g/mol. The molecule has 0 aliphatic heterocycles. The van der Waals surface area contributed by atoms with Gasteiger partial charge in [0.05, 0.1) is 11.4 Å². The number of fused-ring (bicyclic) bond motifs is 5. The lowest BCUT2D eigenvalue weighted by molar-refractivity contribution is 0.670. The van der Waals surface area contributed by atoms with Gasteiger partial charge in [-0.25, -0.2) is 9.97 Å². The molecule has 2 heterocycles. The topological polar surface area (TPSA) is 38.9 Å². The van der Waals surface area contributed by atoms with Crippen molar-refractivity contribution in [3.63, 3.8) is 0 Å². The summed E-state index contributed by atoms with van der Waals surface area (Å²) >= 11 is 0. The first-order chi connectivity index (χ1) is 25.2. The zero-order chi connectivity index (χ0) is 33.7. The lowest BCUT2D eigenvalue weighted by Gasteiger charge is -2.14. The zero-order valence-electron chi connectivity index (χ0n) is 27.6. The third-order valence-corrected chi connectivity index (χ3v) is 9.85. The van der Waals surface area contributed by atoms with Crippen molar-refractivity contribution in [3.05, 3.63) is 182 Å². The summed E-state index contributed by atoms with van der Waals surface area (Å²) in [5, 5.41) is 6.87. The van der Waals surface area contributed by atoms with E-state index in [1.807, 2.05) is 12.1 Å². The summed E-state index contributed by atoms with van der Waals surface area (Å²) in [4.78, 5) is 10.6. The van der Waals surface area contributed by atoms with Gasteiger partial charge in [-0.05, 0) is 74.6 Å². The maximum absolute atomic E-state index is 6.53. The largest absolute Gasteiger partial charge is 0.455 e. The maximum atomic E-state index is 6.53. The quantitative estimate of drug-likeness (QED) is 0.186. The van der Waals surface area contributed by atoms with Crippen molar-refractivity contribution in [2.45, 2.75) is 0 Å². The smallest absolute Gasteiger partial charge is 0.161 e. The van der Waals surface area contributed by atoms with Crippen LogP contribution in [0.2, 0.25) is 0 Å². The minimum absolute atomic E-state index is 0.693. The Morgan fingerprint density at radius 1 is 0.333 bits per heavy atom. The molecule has 3 heteroatoms. The van der Waals surface area contributed by atoms with Gasteiger partial charge < -0.3 is 4.42 Å². The number of furan rings is 1. The van der Waals surface area contributed by atoms with Crippen LogP contribution in [0.15, 0.2) is 186 Å². The summed E-state index contributed by atoms with van der Waals surface area (Å²) in [6.07, 6.45) is 0. The van der Waals surface area contributed by atoms with Crippen LogP contribution in [-0.4, -0.2) is 9.97 Å². The molecule has 0 atom stereocenters. The van der Waals surface area contributed by atoms with Crippen LogP contribution in [0.5, 0.6) is 0 Å². The van der Waals surface area contributed by atoms with E-state index in [-0.39, 0.29) is 0 Å². The molecule has 0 saturated carbocycles. The Labute approximate surface area is 295 Å². The second kappa shape index (κ2) is 11.9. The lowest BCUT2D eigenvalue weighted by atomic mass is 9.93. The van der Waals surface area contributed by atoms with Gasteiger partial charge in [0, 0.05) is 33.0 Å². The molecule has 0 saturated heterocycles. The molecule has 0 spiro atoms. The normalized spacial score (nSPS) is 11.5. The number of benzene rings is 8. The predicted octanol–water partition coefficient (Wildman–Crippen LogP) is 13.0. The SMILES string of the molecule is c1ccc(-c2cc(-c3cc(-c4ccc5ccccc5c4)nc(-c4cccc5ccccc45)n3)cc(-c3cccc4c3oc3ccccc34)c2)cc1. The van der Waals surface area contributed by atoms with Crippen molar-refractivity contribution >= 4 is 43.5 Å². The fraction of sp³-hybridized carbons (Fsp3) is 0. The van der Waals surface area contributed by atoms with E-state index >= 15 is 0 Å². The first-order valence-corrected chi connectivity index (χ1v) is 17.2. The number of rotatable bonds is 5. The predicted molar refractivity (Wildman–Crippen MR) is 212 cm³/mol. The molecule has 0 radical (unpaired) electrons. The molecule has 0 N–H and O–H groups in total. The van der Waals surface area contributed by atoms with E-state index in [1.54, 1.807) is 0 Å². The molecule has 51 heavy (non-hydrogen) atoms. The minimum atomic E-state index is 0.693. The first kappa shape index (κ1) is 29.1. The molecule has 0 aliphatic rings. The highest BCUT2D eigenvalue weighted by Gasteiger charge is 2.17. The number of para-hydroxylation sites is 2. The molecule has 0 aliphatic carbocycles. The summed E-state index contributed by atoms with van der Waals surface area (Å²) in [6, 6.07) is 63.9. The van der Waals surface area contributed by atoms with Gasteiger partial charge in [0.2, 0.25) is 0 Å². The summed E-state index contributed by atoms with van der Waals surface area (Å²) in [5.41, 5.74) is 10.9. The van der Waals surface area contributed by atoms with Crippen LogP contribution >= 0.6 is 0 Å². The first-order valence-electron chi connectivity index (χ1n) is 17.2. The average molecular weight is 651 g/mol. The van der Waals surface area contributed by atoms with Crippen LogP contribution in [-0.2, 0) is 0 Å². The van der Waals surface area contributed by atoms with Gasteiger partial charge in [-0.3, -0.25) is 0 Å². The summed E-state index contributed by atoms with van der Waals surface area (Å²) in [5.74, 6) is 0.693. The van der Waals surface area contributed by atoms with Crippen LogP contribution < -0.4 is 0 Å². The van der Waals surface area contributed by atoms with Crippen molar-refractivity contribution in [3.8, 4) is 56.2 Å². The number of hydrogen-bond donors (Lipinski definition) is 0. The zero-order valence-corrected chi connectivity index (χ0v) is 27.6. The Balaban J connectivity index is 1.24. The van der Waals surface area contributed by atoms with Crippen molar-refractivity contribution in [2.75, 3.05) is 0 Å². The molecule has 10 rings (SSSR count). The fourth-order valence-corrected chi connectivity index (χ4v) is 7.34. The van der Waals surface area contributed by atoms with Gasteiger partial charge in [0.1, 0.15) is 11.2 Å². The molecular formula is C48H30N2O. The third-order valence-electron chi connectivity index (χ3n) is 9.85. The number of aromatic nitrogens is 2. The summed E-state index contributed by atoms with van der Waals surface area (Å²) < 4.78 is 6.53. The van der Waals surface area contributed by atoms with Crippen molar-refractivity contribution in [2.24, 2.45) is 0 Å². The molecule has 0 fully saturated rings. The van der Waals surface area contributed by atoms with Crippen LogP contribution in [0.25, 0.3) is 99.6 Å². The van der Waals surface area contributed by atoms with Gasteiger partial charge >= 0.3 is 0 Å². The van der Waals surface area contributed by atoms with E-state index in [2.05, 4.69) is 170 Å². The fourth-order valence-electron chi connectivity index (χ4n) is 7.34. The van der Waals surface area contributed by atoms with Crippen LogP contribution in [0.4, 0.5) is 0 Å². The van der Waals surface area contributed by atoms with Gasteiger partial charge in [0.25, 0.3) is 0 Å². The molecule has 0 amide bonds. The van der Waals surface area contributed by atoms with E-state index < -0.39 is 0 Å². The van der Waals surface area contributed by atoms with Gasteiger partial charge in [-0.1, -0.05) is 146 Å². The summed E-state index contributed by atoms with van der Waals surface area (Å²) in [7, 11) is 0. The molecule has 0 unspecified atom stereocenters. The molecular weight excluding hydrogens is 621 g/mol. The van der Waals surface area contributed by atoms with E-state index in [9.17, 15) is 0 Å². The second-order valence-corrected chi connectivity index (χ2v) is 13.0. The molecule has 10 aromatic rings. The second-order valence-electron chi connectivity index (χ2n) is 13.0.